The molecule has 0 aliphatic heterocycles. The first-order valence-corrected chi connectivity index (χ1v) is 11.0. The van der Waals surface area contributed by atoms with Gasteiger partial charge in [0.05, 0.1) is 18.5 Å². The molecule has 3 rings (SSSR count). The number of carbonyl (C=O) groups excluding carboxylic acids is 3. The lowest BCUT2D eigenvalue weighted by molar-refractivity contribution is -0.127. The van der Waals surface area contributed by atoms with Gasteiger partial charge in [-0.2, -0.15) is 4.37 Å². The molecule has 9 nitrogen and oxygen atoms in total. The Kier molecular flexibility index (Phi) is 6.87. The summed E-state index contributed by atoms with van der Waals surface area (Å²) < 4.78 is 9.40. The number of anilines is 1. The van der Waals surface area contributed by atoms with Crippen LogP contribution >= 0.6 is 11.5 Å². The third-order valence-electron chi connectivity index (χ3n) is 4.77. The molecule has 0 saturated carbocycles. The maximum absolute atomic E-state index is 13.7. The molecule has 0 spiro atoms. The number of aromatic nitrogens is 1. The lowest BCUT2D eigenvalue weighted by Gasteiger charge is -2.33. The Bertz CT molecular complexity index is 1150. The fourth-order valence-electron chi connectivity index (χ4n) is 3.27. The van der Waals surface area contributed by atoms with E-state index >= 15 is 0 Å². The van der Waals surface area contributed by atoms with Crippen LogP contribution in [0.25, 0.3) is 0 Å². The highest BCUT2D eigenvalue weighted by Crippen LogP contribution is 2.31. The zero-order valence-corrected chi connectivity index (χ0v) is 19.7. The van der Waals surface area contributed by atoms with Crippen LogP contribution in [0.5, 0.6) is 0 Å². The van der Waals surface area contributed by atoms with Crippen LogP contribution in [-0.4, -0.2) is 32.5 Å². The number of furan rings is 1. The maximum Gasteiger partial charge on any atom is 0.270 e. The number of nitrogens with zero attached hydrogens (tertiary/aromatic N) is 2. The molecule has 2 aromatic heterocycles. The first-order chi connectivity index (χ1) is 15.5. The normalized spacial score (nSPS) is 12.2. The first kappa shape index (κ1) is 24.0. The quantitative estimate of drug-likeness (QED) is 0.485. The largest absolute Gasteiger partial charge is 0.467 e. The Hall–Kier alpha value is -3.66. The van der Waals surface area contributed by atoms with Crippen LogP contribution in [0.1, 0.15) is 63.9 Å². The Labute approximate surface area is 195 Å². The summed E-state index contributed by atoms with van der Waals surface area (Å²) in [5.41, 5.74) is 12.1. The number of rotatable bonds is 7. The SMILES string of the molecule is Cc1ccc([C@H](C(=O)NC(C)(C)C)N(Cc2ccco2)C(=O)c2snc(C(N)=O)c2N)cc1. The van der Waals surface area contributed by atoms with E-state index < -0.39 is 23.4 Å². The molecular weight excluding hydrogens is 442 g/mol. The number of nitrogens with one attached hydrogen (secondary N) is 1. The Morgan fingerprint density at radius 1 is 1.18 bits per heavy atom. The van der Waals surface area contributed by atoms with Crippen molar-refractivity contribution in [3.8, 4) is 0 Å². The molecule has 2 heterocycles. The average Bonchev–Trinajstić information content (AvgIpc) is 3.36. The summed E-state index contributed by atoms with van der Waals surface area (Å²) in [6, 6.07) is 9.74. The minimum atomic E-state index is -0.999. The zero-order chi connectivity index (χ0) is 24.3. The van der Waals surface area contributed by atoms with Crippen molar-refractivity contribution in [3.05, 3.63) is 70.1 Å². The summed E-state index contributed by atoms with van der Waals surface area (Å²) in [7, 11) is 0. The summed E-state index contributed by atoms with van der Waals surface area (Å²) in [5, 5.41) is 2.96. The predicted molar refractivity (Wildman–Crippen MR) is 125 cm³/mol. The zero-order valence-electron chi connectivity index (χ0n) is 18.9. The number of hydrogen-bond acceptors (Lipinski definition) is 7. The van der Waals surface area contributed by atoms with Gasteiger partial charge in [0.2, 0.25) is 5.91 Å². The first-order valence-electron chi connectivity index (χ1n) is 10.2. The molecule has 1 atom stereocenters. The average molecular weight is 470 g/mol. The van der Waals surface area contributed by atoms with E-state index in [4.69, 9.17) is 15.9 Å². The fourth-order valence-corrected chi connectivity index (χ4v) is 4.03. The molecule has 0 bridgehead atoms. The molecule has 0 aliphatic rings. The number of carbonyl (C=O) groups is 3. The number of hydrogen-bond donors (Lipinski definition) is 3. The van der Waals surface area contributed by atoms with Gasteiger partial charge < -0.3 is 26.1 Å². The monoisotopic (exact) mass is 469 g/mol. The molecule has 5 N–H and O–H groups in total. The molecule has 0 saturated heterocycles. The topological polar surface area (TPSA) is 145 Å². The van der Waals surface area contributed by atoms with Crippen LogP contribution in [0, 0.1) is 6.92 Å². The third-order valence-corrected chi connectivity index (χ3v) is 5.63. The molecule has 0 unspecified atom stereocenters. The minimum Gasteiger partial charge on any atom is -0.467 e. The van der Waals surface area contributed by atoms with E-state index in [1.54, 1.807) is 24.3 Å². The number of benzene rings is 1. The molecule has 3 amide bonds. The van der Waals surface area contributed by atoms with E-state index in [9.17, 15) is 14.4 Å². The second-order valence-corrected chi connectivity index (χ2v) is 9.48. The summed E-state index contributed by atoms with van der Waals surface area (Å²) >= 11 is 0.764. The standard InChI is InChI=1S/C23H27N5O4S/c1-13-7-9-14(10-8-13)18(21(30)26-23(2,3)4)28(12-15-6-5-11-32-15)22(31)19-16(24)17(20(25)29)27-33-19/h5-11,18H,12,24H2,1-4H3,(H2,25,29)(H,26,30)/t18-/m1/s1. The number of amides is 3. The second kappa shape index (κ2) is 9.45. The van der Waals surface area contributed by atoms with Gasteiger partial charge in [0.15, 0.2) is 5.69 Å². The van der Waals surface area contributed by atoms with Crippen molar-refractivity contribution in [2.24, 2.45) is 5.73 Å². The summed E-state index contributed by atoms with van der Waals surface area (Å²) in [4.78, 5) is 40.2. The van der Waals surface area contributed by atoms with Gasteiger partial charge in [-0.1, -0.05) is 29.8 Å². The maximum atomic E-state index is 13.7. The predicted octanol–water partition coefficient (Wildman–Crippen LogP) is 3.02. The van der Waals surface area contributed by atoms with Crippen LogP contribution in [-0.2, 0) is 11.3 Å². The number of aryl methyl sites for hydroxylation is 1. The van der Waals surface area contributed by atoms with Crippen LogP contribution in [0.4, 0.5) is 5.69 Å². The van der Waals surface area contributed by atoms with Crippen molar-refractivity contribution in [2.45, 2.75) is 45.8 Å². The van der Waals surface area contributed by atoms with E-state index in [2.05, 4.69) is 9.69 Å². The van der Waals surface area contributed by atoms with E-state index in [1.165, 1.54) is 11.2 Å². The van der Waals surface area contributed by atoms with Crippen molar-refractivity contribution in [3.63, 3.8) is 0 Å². The van der Waals surface area contributed by atoms with Crippen molar-refractivity contribution in [1.29, 1.82) is 0 Å². The van der Waals surface area contributed by atoms with Crippen molar-refractivity contribution in [2.75, 3.05) is 5.73 Å². The highest BCUT2D eigenvalue weighted by Gasteiger charge is 2.36. The number of primary amides is 1. The molecule has 0 fully saturated rings. The third kappa shape index (κ3) is 5.58. The molecule has 10 heteroatoms. The Morgan fingerprint density at radius 2 is 1.85 bits per heavy atom. The molecule has 33 heavy (non-hydrogen) atoms. The van der Waals surface area contributed by atoms with Gasteiger partial charge in [0, 0.05) is 5.54 Å². The number of nitrogen functional groups attached to an aromatic ring is 1. The van der Waals surface area contributed by atoms with Gasteiger partial charge in [-0.15, -0.1) is 0 Å². The molecule has 0 radical (unpaired) electrons. The highest BCUT2D eigenvalue weighted by atomic mass is 32.1. The number of nitrogens with two attached hydrogens (primary N) is 2. The van der Waals surface area contributed by atoms with Gasteiger partial charge in [-0.25, -0.2) is 0 Å². The van der Waals surface area contributed by atoms with Crippen LogP contribution < -0.4 is 16.8 Å². The second-order valence-electron chi connectivity index (χ2n) is 8.70. The minimum absolute atomic E-state index is 0.00875. The molecule has 174 valence electrons. The van der Waals surface area contributed by atoms with Crippen molar-refractivity contribution < 1.29 is 18.8 Å². The lowest BCUT2D eigenvalue weighted by Crippen LogP contribution is -2.49. The van der Waals surface area contributed by atoms with E-state index in [0.717, 1.165) is 17.1 Å². The lowest BCUT2D eigenvalue weighted by atomic mass is 10.00. The van der Waals surface area contributed by atoms with E-state index in [1.807, 2.05) is 39.8 Å². The van der Waals surface area contributed by atoms with Crippen molar-refractivity contribution >= 4 is 34.9 Å². The van der Waals surface area contributed by atoms with Gasteiger partial charge >= 0.3 is 0 Å². The summed E-state index contributed by atoms with van der Waals surface area (Å²) in [6.45, 7) is 7.50. The van der Waals surface area contributed by atoms with Gasteiger partial charge in [0.1, 0.15) is 16.7 Å². The molecule has 3 aromatic rings. The molecular formula is C23H27N5O4S. The summed E-state index contributed by atoms with van der Waals surface area (Å²) in [6.07, 6.45) is 1.49. The highest BCUT2D eigenvalue weighted by molar-refractivity contribution is 7.09. The Balaban J connectivity index is 2.13. The van der Waals surface area contributed by atoms with Crippen LogP contribution in [0.2, 0.25) is 0 Å². The van der Waals surface area contributed by atoms with Gasteiger partial charge in [0.25, 0.3) is 11.8 Å². The fraction of sp³-hybridized carbons (Fsp3) is 0.304. The van der Waals surface area contributed by atoms with E-state index in [-0.39, 0.29) is 28.7 Å². The molecule has 1 aromatic carbocycles. The summed E-state index contributed by atoms with van der Waals surface area (Å²) in [5.74, 6) is -1.30. The molecule has 0 aliphatic carbocycles. The Morgan fingerprint density at radius 3 is 2.36 bits per heavy atom. The van der Waals surface area contributed by atoms with E-state index in [0.29, 0.717) is 11.3 Å². The van der Waals surface area contributed by atoms with Gasteiger partial charge in [-0.3, -0.25) is 14.4 Å². The van der Waals surface area contributed by atoms with Crippen LogP contribution in [0.15, 0.2) is 47.1 Å². The van der Waals surface area contributed by atoms with Crippen LogP contribution in [0.3, 0.4) is 0 Å². The van der Waals surface area contributed by atoms with Crippen molar-refractivity contribution in [1.82, 2.24) is 14.6 Å². The smallest absolute Gasteiger partial charge is 0.270 e. The van der Waals surface area contributed by atoms with Gasteiger partial charge in [-0.05, 0) is 56.9 Å².